The average Bonchev–Trinajstić information content (AvgIpc) is 3.58. The molecule has 0 spiro atoms. The number of hydrogen-bond donors (Lipinski definition) is 9. The monoisotopic (exact) mass is 943 g/mol. The van der Waals surface area contributed by atoms with E-state index in [1.165, 1.54) is 39.2 Å². The van der Waals surface area contributed by atoms with E-state index in [4.69, 9.17) is 33.2 Å². The molecule has 6 fully saturated rings. The molecule has 0 aromatic carbocycles. The molecule has 380 valence electrons. The average molecular weight is 943 g/mol. The van der Waals surface area contributed by atoms with Gasteiger partial charge in [-0.25, -0.2) is 0 Å². The molecule has 3 heterocycles. The fourth-order valence-electron chi connectivity index (χ4n) is 12.8. The minimum absolute atomic E-state index is 0.00395. The minimum Gasteiger partial charge on any atom is -0.393 e. The SMILES string of the molecule is COC[C@@H]1O[C@H](OC(C)(C)[C@H](O)CC[C@]2(C)C/C(=C3\CC[C@H]4[C@]5(C)CC[C@@H](C(C)(C)O[C@@H]6O[C@H](COC)[C@H](O)[C@H](O)[C@@H]6NC(C)=O)O[C@H]5[C@@H](O)C[C@]34C)CC[C@@H]2O)[C@H](NC(C)=O)[C@H](O)[C@H]1O. The first kappa shape index (κ1) is 53.5. The fraction of sp³-hybridized carbons (Fsp3) is 0.917. The summed E-state index contributed by atoms with van der Waals surface area (Å²) >= 11 is 0. The Kier molecular flexibility index (Phi) is 16.6. The van der Waals surface area contributed by atoms with Crippen LogP contribution in [0.15, 0.2) is 11.1 Å². The second-order valence-electron chi connectivity index (χ2n) is 22.2. The Balaban J connectivity index is 1.14. The highest BCUT2D eigenvalue weighted by Crippen LogP contribution is 2.66. The van der Waals surface area contributed by atoms with Crippen molar-refractivity contribution in [3.05, 3.63) is 11.1 Å². The predicted molar refractivity (Wildman–Crippen MR) is 238 cm³/mol. The van der Waals surface area contributed by atoms with Crippen LogP contribution < -0.4 is 10.6 Å². The summed E-state index contributed by atoms with van der Waals surface area (Å²) in [7, 11) is 2.90. The largest absolute Gasteiger partial charge is 0.393 e. The molecular weight excluding hydrogens is 861 g/mol. The number of ether oxygens (including phenoxy) is 7. The Labute approximate surface area is 390 Å². The van der Waals surface area contributed by atoms with E-state index in [9.17, 15) is 45.3 Å². The zero-order valence-corrected chi connectivity index (χ0v) is 41.0. The summed E-state index contributed by atoms with van der Waals surface area (Å²) in [6, 6.07) is -2.15. The van der Waals surface area contributed by atoms with Crippen LogP contribution in [0.3, 0.4) is 0 Å². The highest BCUT2D eigenvalue weighted by Gasteiger charge is 2.64. The van der Waals surface area contributed by atoms with E-state index in [2.05, 4.69) is 31.4 Å². The number of amides is 2. The van der Waals surface area contributed by atoms with Crippen LogP contribution >= 0.6 is 0 Å². The van der Waals surface area contributed by atoms with E-state index in [1.807, 2.05) is 13.8 Å². The standard InChI is InChI=1S/C48H82N2O16/c1-24(51)49-35-39(58)37(56)29(22-60-10)62-42(35)65-44(3,4)32(54)16-18-46(7)20-26(12-15-33(46)55)27-13-14-31-47(8)19-17-34(64-41(47)28(53)21-48(27,31)9)45(5,6)66-43-36(50-25(2)52)40(59)38(57)30(63-43)23-61-11/h28-43,53-59H,12-23H2,1-11H3,(H,49,51)(H,50,52)/b27-26+/t28-,29-,30+,31-,32+,33-,34-,35+,36-,37-,38-,39-,40+,41-,42+,43-,46+,47-,48+/m0/s1. The lowest BCUT2D eigenvalue weighted by molar-refractivity contribution is -0.324. The van der Waals surface area contributed by atoms with Crippen LogP contribution in [0.1, 0.15) is 127 Å². The van der Waals surface area contributed by atoms with Crippen LogP contribution in [-0.2, 0) is 42.7 Å². The first-order chi connectivity index (χ1) is 30.7. The van der Waals surface area contributed by atoms with Gasteiger partial charge in [0, 0.05) is 33.5 Å². The normalized spacial score (nSPS) is 44.8. The van der Waals surface area contributed by atoms with Crippen LogP contribution in [0.25, 0.3) is 0 Å². The van der Waals surface area contributed by atoms with Crippen LogP contribution in [0.4, 0.5) is 0 Å². The molecule has 0 unspecified atom stereocenters. The fourth-order valence-corrected chi connectivity index (χ4v) is 12.8. The van der Waals surface area contributed by atoms with Gasteiger partial charge in [-0.05, 0) is 109 Å². The molecule has 0 aromatic heterocycles. The Morgan fingerprint density at radius 3 is 1.85 bits per heavy atom. The van der Waals surface area contributed by atoms with E-state index >= 15 is 0 Å². The molecule has 0 radical (unpaired) electrons. The molecule has 19 atom stereocenters. The Morgan fingerprint density at radius 1 is 0.773 bits per heavy atom. The van der Waals surface area contributed by atoms with Gasteiger partial charge in [-0.1, -0.05) is 31.9 Å². The number of carbonyl (C=O) groups is 2. The van der Waals surface area contributed by atoms with Crippen molar-refractivity contribution in [1.82, 2.24) is 10.6 Å². The molecule has 3 aliphatic carbocycles. The maximum atomic E-state index is 12.2. The van der Waals surface area contributed by atoms with Crippen molar-refractivity contribution < 1.29 is 78.5 Å². The highest BCUT2D eigenvalue weighted by molar-refractivity contribution is 5.73. The van der Waals surface area contributed by atoms with E-state index < -0.39 is 120 Å². The number of hydrogen-bond acceptors (Lipinski definition) is 16. The summed E-state index contributed by atoms with van der Waals surface area (Å²) in [5.41, 5.74) is -0.797. The van der Waals surface area contributed by atoms with Crippen molar-refractivity contribution in [1.29, 1.82) is 0 Å². The number of aliphatic hydroxyl groups excluding tert-OH is 7. The van der Waals surface area contributed by atoms with Gasteiger partial charge in [-0.2, -0.15) is 0 Å². The van der Waals surface area contributed by atoms with Gasteiger partial charge < -0.3 is 79.5 Å². The maximum Gasteiger partial charge on any atom is 0.217 e. The summed E-state index contributed by atoms with van der Waals surface area (Å²) in [6.45, 7) is 16.3. The number of methoxy groups -OCH3 is 2. The van der Waals surface area contributed by atoms with Crippen molar-refractivity contribution in [2.24, 2.45) is 22.2 Å². The highest BCUT2D eigenvalue weighted by atomic mass is 16.7. The summed E-state index contributed by atoms with van der Waals surface area (Å²) in [6.07, 6.45) is -6.55. The maximum absolute atomic E-state index is 12.2. The Hall–Kier alpha value is -1.88. The number of rotatable bonds is 15. The molecule has 2 amide bonds. The Morgan fingerprint density at radius 2 is 1.32 bits per heavy atom. The molecule has 3 aliphatic heterocycles. The van der Waals surface area contributed by atoms with Gasteiger partial charge in [0.2, 0.25) is 11.8 Å². The summed E-state index contributed by atoms with van der Waals surface area (Å²) < 4.78 is 42.3. The Bertz CT molecular complexity index is 1730. The number of aliphatic hydroxyl groups is 7. The van der Waals surface area contributed by atoms with E-state index in [-0.39, 0.29) is 36.4 Å². The van der Waals surface area contributed by atoms with E-state index in [1.54, 1.807) is 13.8 Å². The van der Waals surface area contributed by atoms with Gasteiger partial charge in [-0.3, -0.25) is 9.59 Å². The molecule has 18 heteroatoms. The van der Waals surface area contributed by atoms with Crippen molar-refractivity contribution in [2.45, 2.75) is 230 Å². The van der Waals surface area contributed by atoms with Crippen LogP contribution in [0.5, 0.6) is 0 Å². The second-order valence-corrected chi connectivity index (χ2v) is 22.2. The van der Waals surface area contributed by atoms with Crippen molar-refractivity contribution in [3.8, 4) is 0 Å². The van der Waals surface area contributed by atoms with Gasteiger partial charge in [0.1, 0.15) is 48.7 Å². The van der Waals surface area contributed by atoms with Crippen LogP contribution in [0.2, 0.25) is 0 Å². The molecule has 0 bridgehead atoms. The van der Waals surface area contributed by atoms with Gasteiger partial charge in [0.05, 0.1) is 54.9 Å². The summed E-state index contributed by atoms with van der Waals surface area (Å²) in [4.78, 5) is 24.2. The lowest BCUT2D eigenvalue weighted by Crippen LogP contribution is -2.67. The zero-order valence-electron chi connectivity index (χ0n) is 41.0. The molecule has 9 N–H and O–H groups in total. The number of fused-ring (bicyclic) bond motifs is 3. The summed E-state index contributed by atoms with van der Waals surface area (Å²) in [5, 5.41) is 84.1. The van der Waals surface area contributed by atoms with Gasteiger partial charge in [-0.15, -0.1) is 0 Å². The second kappa shape index (κ2) is 20.5. The first-order valence-electron chi connectivity index (χ1n) is 24.0. The molecule has 6 aliphatic rings. The lowest BCUT2D eigenvalue weighted by atomic mass is 9.51. The third-order valence-corrected chi connectivity index (χ3v) is 16.6. The first-order valence-corrected chi connectivity index (χ1v) is 24.0. The van der Waals surface area contributed by atoms with Crippen molar-refractivity contribution in [3.63, 3.8) is 0 Å². The zero-order chi connectivity index (χ0) is 48.9. The quantitative estimate of drug-likeness (QED) is 0.105. The third-order valence-electron chi connectivity index (χ3n) is 16.6. The number of nitrogens with one attached hydrogen (secondary N) is 2. The molecular formula is C48H82N2O16. The van der Waals surface area contributed by atoms with E-state index in [0.717, 1.165) is 25.7 Å². The smallest absolute Gasteiger partial charge is 0.217 e. The predicted octanol–water partition coefficient (Wildman–Crippen LogP) is 1.50. The van der Waals surface area contributed by atoms with Gasteiger partial charge >= 0.3 is 0 Å². The number of allylic oxidation sites excluding steroid dienone is 2. The molecule has 3 saturated heterocycles. The lowest BCUT2D eigenvalue weighted by Gasteiger charge is -2.60. The summed E-state index contributed by atoms with van der Waals surface area (Å²) in [5.74, 6) is -0.650. The van der Waals surface area contributed by atoms with Gasteiger partial charge in [0.15, 0.2) is 12.6 Å². The topological polar surface area (TPSA) is 264 Å². The minimum atomic E-state index is -1.41. The molecule has 66 heavy (non-hydrogen) atoms. The van der Waals surface area contributed by atoms with Crippen molar-refractivity contribution >= 4 is 11.8 Å². The van der Waals surface area contributed by atoms with Crippen molar-refractivity contribution in [2.75, 3.05) is 27.4 Å². The molecule has 0 aromatic rings. The number of carbonyl (C=O) groups excluding carboxylic acids is 2. The van der Waals surface area contributed by atoms with Crippen LogP contribution in [0, 0.1) is 22.2 Å². The molecule has 6 rings (SSSR count). The van der Waals surface area contributed by atoms with Gasteiger partial charge in [0.25, 0.3) is 0 Å². The molecule has 3 saturated carbocycles. The third kappa shape index (κ3) is 10.6. The molecule has 18 nitrogen and oxygen atoms in total. The van der Waals surface area contributed by atoms with E-state index in [0.29, 0.717) is 32.1 Å². The van der Waals surface area contributed by atoms with Crippen LogP contribution in [-0.4, -0.2) is 178 Å².